The monoisotopic (exact) mass is 529 g/mol. The first kappa shape index (κ1) is 29.1. The van der Waals surface area contributed by atoms with Gasteiger partial charge in [0.25, 0.3) is 0 Å². The zero-order chi connectivity index (χ0) is 26.9. The summed E-state index contributed by atoms with van der Waals surface area (Å²) < 4.78 is 34.3. The van der Waals surface area contributed by atoms with Crippen molar-refractivity contribution in [3.05, 3.63) is 60.4 Å². The number of unbranched alkanes of at least 4 members (excludes halogenated alkanes) is 2. The fourth-order valence-electron chi connectivity index (χ4n) is 5.15. The predicted molar refractivity (Wildman–Crippen MR) is 153 cm³/mol. The van der Waals surface area contributed by atoms with Crippen LogP contribution in [0.2, 0.25) is 0 Å². The van der Waals surface area contributed by atoms with Gasteiger partial charge in [0.2, 0.25) is 0 Å². The maximum atomic E-state index is 11.7. The molecule has 0 fully saturated rings. The van der Waals surface area contributed by atoms with Gasteiger partial charge in [0.15, 0.2) is 0 Å². The fraction of sp³-hybridized carbons (Fsp3) is 0.500. The highest BCUT2D eigenvalue weighted by molar-refractivity contribution is 8.24. The highest BCUT2D eigenvalue weighted by Crippen LogP contribution is 2.61. The minimum Gasteiger partial charge on any atom is -0.464 e. The summed E-state index contributed by atoms with van der Waals surface area (Å²) in [5.74, 6) is 0.371. The summed E-state index contributed by atoms with van der Waals surface area (Å²) in [6.45, 7) is 9.18. The molecule has 0 saturated carbocycles. The molecule has 0 aromatic heterocycles. The Bertz CT molecular complexity index is 1050. The third-order valence-corrected chi connectivity index (χ3v) is 9.09. The van der Waals surface area contributed by atoms with Crippen LogP contribution in [0.5, 0.6) is 5.75 Å². The van der Waals surface area contributed by atoms with Gasteiger partial charge in [0.1, 0.15) is 5.75 Å². The summed E-state index contributed by atoms with van der Waals surface area (Å²) in [5.41, 5.74) is 2.56. The van der Waals surface area contributed by atoms with E-state index < -0.39 is 16.6 Å². The molecule has 6 nitrogen and oxygen atoms in total. The van der Waals surface area contributed by atoms with E-state index in [9.17, 15) is 13.9 Å². The molecule has 0 spiro atoms. The second-order valence-corrected chi connectivity index (χ2v) is 12.0. The van der Waals surface area contributed by atoms with Crippen molar-refractivity contribution in [2.24, 2.45) is 5.41 Å². The van der Waals surface area contributed by atoms with Crippen LogP contribution in [-0.2, 0) is 16.0 Å². The number of para-hydroxylation sites is 1. The first-order valence-electron chi connectivity index (χ1n) is 13.5. The number of hydrogen-bond acceptors (Lipinski definition) is 6. The summed E-state index contributed by atoms with van der Waals surface area (Å²) in [6.07, 6.45) is 9.36. The van der Waals surface area contributed by atoms with Crippen molar-refractivity contribution in [2.45, 2.75) is 77.5 Å². The number of carbonyl (C=O) groups is 1. The number of hydrogen-bond donors (Lipinski definition) is 2. The molecule has 1 aliphatic rings. The maximum absolute atomic E-state index is 11.7. The zero-order valence-electron chi connectivity index (χ0n) is 22.7. The summed E-state index contributed by atoms with van der Waals surface area (Å²) in [4.78, 5) is 14.5. The fourth-order valence-corrected chi connectivity index (χ4v) is 7.33. The molecular formula is C30H43NO5S. The van der Waals surface area contributed by atoms with Gasteiger partial charge < -0.3 is 14.4 Å². The van der Waals surface area contributed by atoms with Crippen LogP contribution in [0.25, 0.3) is 0 Å². The van der Waals surface area contributed by atoms with E-state index in [1.54, 1.807) is 13.0 Å². The Hall–Kier alpha value is -2.48. The van der Waals surface area contributed by atoms with Gasteiger partial charge >= 0.3 is 5.97 Å². The molecule has 2 aromatic carbocycles. The minimum absolute atomic E-state index is 0.225. The van der Waals surface area contributed by atoms with Gasteiger partial charge in [0, 0.05) is 29.5 Å². The Morgan fingerprint density at radius 3 is 2.32 bits per heavy atom. The molecule has 1 heterocycles. The predicted octanol–water partition coefficient (Wildman–Crippen LogP) is 8.33. The van der Waals surface area contributed by atoms with E-state index in [4.69, 9.17) is 9.47 Å². The molecule has 2 N–H and O–H groups in total. The SMILES string of the molecule is CCCCC1(CCCC)CN(c2ccccc2)c2cc(CC)c(O/C=C/C(=O)OCC)cc2S(O)(O)C1. The Morgan fingerprint density at radius 2 is 1.73 bits per heavy atom. The third kappa shape index (κ3) is 7.30. The van der Waals surface area contributed by atoms with E-state index in [0.29, 0.717) is 22.8 Å². The zero-order valence-corrected chi connectivity index (χ0v) is 23.6. The van der Waals surface area contributed by atoms with Crippen molar-refractivity contribution in [1.29, 1.82) is 0 Å². The normalized spacial score (nSPS) is 17.2. The van der Waals surface area contributed by atoms with Crippen molar-refractivity contribution in [3.63, 3.8) is 0 Å². The number of anilines is 2. The molecule has 0 bridgehead atoms. The minimum atomic E-state index is -3.12. The average Bonchev–Trinajstić information content (AvgIpc) is 2.98. The van der Waals surface area contributed by atoms with Crippen LogP contribution >= 0.6 is 10.6 Å². The number of benzene rings is 2. The molecule has 0 radical (unpaired) electrons. The highest BCUT2D eigenvalue weighted by atomic mass is 32.3. The van der Waals surface area contributed by atoms with E-state index in [1.807, 2.05) is 31.2 Å². The number of ether oxygens (including phenoxy) is 2. The molecule has 7 heteroatoms. The molecule has 2 aromatic rings. The van der Waals surface area contributed by atoms with Crippen LogP contribution in [0.4, 0.5) is 11.4 Å². The highest BCUT2D eigenvalue weighted by Gasteiger charge is 2.42. The lowest BCUT2D eigenvalue weighted by Gasteiger charge is -2.42. The Labute approximate surface area is 224 Å². The Kier molecular flexibility index (Phi) is 10.5. The van der Waals surface area contributed by atoms with Crippen molar-refractivity contribution >= 4 is 27.9 Å². The molecule has 0 aliphatic carbocycles. The van der Waals surface area contributed by atoms with E-state index in [2.05, 4.69) is 30.9 Å². The second-order valence-electron chi connectivity index (χ2n) is 9.89. The summed E-state index contributed by atoms with van der Waals surface area (Å²) in [6, 6.07) is 14.0. The topological polar surface area (TPSA) is 79.2 Å². The lowest BCUT2D eigenvalue weighted by atomic mass is 9.79. The number of aryl methyl sites for hydroxylation is 1. The number of nitrogens with zero attached hydrogens (tertiary/aromatic N) is 1. The molecule has 0 atom stereocenters. The number of rotatable bonds is 12. The van der Waals surface area contributed by atoms with Gasteiger partial charge in [-0.3, -0.25) is 9.11 Å². The first-order valence-corrected chi connectivity index (χ1v) is 15.3. The second kappa shape index (κ2) is 13.4. The molecule has 0 unspecified atom stereocenters. The molecule has 204 valence electrons. The van der Waals surface area contributed by atoms with Crippen molar-refractivity contribution in [3.8, 4) is 5.75 Å². The number of fused-ring (bicyclic) bond motifs is 1. The van der Waals surface area contributed by atoms with Crippen LogP contribution in [0.15, 0.2) is 59.7 Å². The molecular weight excluding hydrogens is 486 g/mol. The number of esters is 1. The summed E-state index contributed by atoms with van der Waals surface area (Å²) >= 11 is 0. The van der Waals surface area contributed by atoms with E-state index in [0.717, 1.165) is 62.0 Å². The summed E-state index contributed by atoms with van der Waals surface area (Å²) in [5, 5.41) is 0. The first-order chi connectivity index (χ1) is 17.8. The van der Waals surface area contributed by atoms with Crippen LogP contribution in [0.1, 0.15) is 71.8 Å². The van der Waals surface area contributed by atoms with Gasteiger partial charge in [-0.25, -0.2) is 4.79 Å². The van der Waals surface area contributed by atoms with E-state index in [-0.39, 0.29) is 12.0 Å². The van der Waals surface area contributed by atoms with E-state index >= 15 is 0 Å². The van der Waals surface area contributed by atoms with Crippen LogP contribution in [-0.4, -0.2) is 34.0 Å². The van der Waals surface area contributed by atoms with Crippen LogP contribution < -0.4 is 9.64 Å². The largest absolute Gasteiger partial charge is 0.464 e. The van der Waals surface area contributed by atoms with Gasteiger partial charge in [-0.2, -0.15) is 10.6 Å². The molecule has 3 rings (SSSR count). The standard InChI is InChI=1S/C30H43NO5S/c1-5-9-17-30(18-10-6-2)22-31(25-14-12-11-13-15-25)26-20-24(7-3)27(21-28(26)37(33,34)23-30)36-19-16-29(32)35-8-4/h11-16,19-21,33-34H,5-10,17-18,22-23H2,1-4H3/b19-16+. The smallest absolute Gasteiger partial charge is 0.333 e. The Morgan fingerprint density at radius 1 is 1.05 bits per heavy atom. The van der Waals surface area contributed by atoms with Crippen LogP contribution in [0.3, 0.4) is 0 Å². The van der Waals surface area contributed by atoms with Crippen molar-refractivity contribution < 1.29 is 23.4 Å². The van der Waals surface area contributed by atoms with Gasteiger partial charge in [-0.1, -0.05) is 64.7 Å². The van der Waals surface area contributed by atoms with Crippen molar-refractivity contribution in [1.82, 2.24) is 0 Å². The lowest BCUT2D eigenvalue weighted by Crippen LogP contribution is -2.37. The Balaban J connectivity index is 2.15. The van der Waals surface area contributed by atoms with E-state index in [1.165, 1.54) is 12.3 Å². The average molecular weight is 530 g/mol. The molecule has 0 amide bonds. The summed E-state index contributed by atoms with van der Waals surface area (Å²) in [7, 11) is -3.12. The number of carbonyl (C=O) groups excluding carboxylic acids is 1. The van der Waals surface area contributed by atoms with Gasteiger partial charge in [-0.15, -0.1) is 0 Å². The third-order valence-electron chi connectivity index (χ3n) is 7.04. The van der Waals surface area contributed by atoms with Crippen LogP contribution in [0, 0.1) is 5.41 Å². The maximum Gasteiger partial charge on any atom is 0.333 e. The molecule has 0 saturated heterocycles. The van der Waals surface area contributed by atoms with Crippen molar-refractivity contribution in [2.75, 3.05) is 23.8 Å². The molecule has 1 aliphatic heterocycles. The quantitative estimate of drug-likeness (QED) is 0.163. The molecule has 37 heavy (non-hydrogen) atoms. The lowest BCUT2D eigenvalue weighted by molar-refractivity contribution is -0.137. The van der Waals surface area contributed by atoms with Gasteiger partial charge in [0.05, 0.1) is 29.5 Å². The van der Waals surface area contributed by atoms with Gasteiger partial charge in [-0.05, 0) is 49.9 Å².